The van der Waals surface area contributed by atoms with Crippen LogP contribution in [0, 0.1) is 0 Å². The number of nitrogens with zero attached hydrogens (tertiary/aromatic N) is 3. The quantitative estimate of drug-likeness (QED) is 0.919. The zero-order valence-electron chi connectivity index (χ0n) is 15.6. The van der Waals surface area contributed by atoms with Gasteiger partial charge in [0, 0.05) is 24.7 Å². The van der Waals surface area contributed by atoms with Gasteiger partial charge < -0.3 is 19.5 Å². The van der Waals surface area contributed by atoms with E-state index >= 15 is 0 Å². The molecule has 1 aliphatic heterocycles. The summed E-state index contributed by atoms with van der Waals surface area (Å²) in [6.07, 6.45) is 1.58. The van der Waals surface area contributed by atoms with Crippen molar-refractivity contribution in [3.8, 4) is 0 Å². The summed E-state index contributed by atoms with van der Waals surface area (Å²) in [5, 5.41) is 3.61. The van der Waals surface area contributed by atoms with Crippen LogP contribution in [0.25, 0.3) is 11.0 Å². The fraction of sp³-hybridized carbons (Fsp3) is 0.579. The van der Waals surface area contributed by atoms with Crippen LogP contribution in [0.2, 0.25) is 0 Å². The Bertz CT molecular complexity index is 739. The van der Waals surface area contributed by atoms with Crippen LogP contribution in [0.1, 0.15) is 40.5 Å². The summed E-state index contributed by atoms with van der Waals surface area (Å²) >= 11 is 0. The zero-order valence-corrected chi connectivity index (χ0v) is 15.6. The van der Waals surface area contributed by atoms with E-state index in [2.05, 4.69) is 36.7 Å². The summed E-state index contributed by atoms with van der Waals surface area (Å²) in [5.74, 6) is 0.906. The minimum absolute atomic E-state index is 0.0654. The van der Waals surface area contributed by atoms with Gasteiger partial charge in [0.15, 0.2) is 0 Å². The normalized spacial score (nSPS) is 16.2. The highest BCUT2D eigenvalue weighted by Gasteiger charge is 2.27. The number of likely N-dealkylation sites (tertiary alicyclic amines) is 1. The first-order valence-corrected chi connectivity index (χ1v) is 9.06. The number of piperidine rings is 1. The van der Waals surface area contributed by atoms with Crippen molar-refractivity contribution in [2.75, 3.05) is 25.0 Å². The van der Waals surface area contributed by atoms with Gasteiger partial charge in [0.2, 0.25) is 5.95 Å². The maximum Gasteiger partial charge on any atom is 0.409 e. The first-order chi connectivity index (χ1) is 11.9. The number of hydrogen-bond acceptors (Lipinski definition) is 4. The maximum atomic E-state index is 11.8. The molecule has 0 unspecified atom stereocenters. The third-order valence-corrected chi connectivity index (χ3v) is 4.59. The highest BCUT2D eigenvalue weighted by atomic mass is 16.6. The SMILES string of the molecule is CCOC(=O)N1CCC(Nc2nc3ccccc3n2C(C)(C)C)CC1. The van der Waals surface area contributed by atoms with Gasteiger partial charge in [-0.15, -0.1) is 0 Å². The maximum absolute atomic E-state index is 11.8. The number of aromatic nitrogens is 2. The van der Waals surface area contributed by atoms with Crippen LogP contribution < -0.4 is 5.32 Å². The van der Waals surface area contributed by atoms with Crippen molar-refractivity contribution in [3.63, 3.8) is 0 Å². The van der Waals surface area contributed by atoms with Gasteiger partial charge in [0.05, 0.1) is 17.6 Å². The number of hydrogen-bond donors (Lipinski definition) is 1. The lowest BCUT2D eigenvalue weighted by molar-refractivity contribution is 0.0983. The number of nitrogens with one attached hydrogen (secondary N) is 1. The minimum Gasteiger partial charge on any atom is -0.450 e. The number of carbonyl (C=O) groups is 1. The number of rotatable bonds is 3. The molecule has 136 valence electrons. The molecule has 1 saturated heterocycles. The second-order valence-electron chi connectivity index (χ2n) is 7.53. The lowest BCUT2D eigenvalue weighted by Crippen LogP contribution is -2.43. The molecule has 0 saturated carbocycles. The molecule has 1 aliphatic rings. The average molecular weight is 344 g/mol. The predicted molar refractivity (Wildman–Crippen MR) is 100.0 cm³/mol. The fourth-order valence-electron chi connectivity index (χ4n) is 3.41. The van der Waals surface area contributed by atoms with E-state index in [9.17, 15) is 4.79 Å². The molecule has 1 N–H and O–H groups in total. The number of benzene rings is 1. The molecule has 25 heavy (non-hydrogen) atoms. The van der Waals surface area contributed by atoms with E-state index in [1.807, 2.05) is 25.1 Å². The summed E-state index contributed by atoms with van der Waals surface area (Å²) in [7, 11) is 0. The standard InChI is InChI=1S/C19H28N4O2/c1-5-25-18(24)22-12-10-14(11-13-22)20-17-21-15-8-6-7-9-16(15)23(17)19(2,3)4/h6-9,14H,5,10-13H2,1-4H3,(H,20,21). The van der Waals surface area contributed by atoms with E-state index in [0.717, 1.165) is 29.8 Å². The summed E-state index contributed by atoms with van der Waals surface area (Å²) < 4.78 is 7.35. The van der Waals surface area contributed by atoms with E-state index in [-0.39, 0.29) is 11.6 Å². The number of para-hydroxylation sites is 2. The summed E-state index contributed by atoms with van der Waals surface area (Å²) in [4.78, 5) is 18.4. The number of anilines is 1. The molecule has 6 nitrogen and oxygen atoms in total. The van der Waals surface area contributed by atoms with Crippen molar-refractivity contribution in [3.05, 3.63) is 24.3 Å². The van der Waals surface area contributed by atoms with Crippen LogP contribution in [-0.4, -0.2) is 46.3 Å². The Morgan fingerprint density at radius 3 is 2.60 bits per heavy atom. The van der Waals surface area contributed by atoms with Gasteiger partial charge in [0.25, 0.3) is 0 Å². The Morgan fingerprint density at radius 1 is 1.28 bits per heavy atom. The molecule has 1 aromatic carbocycles. The molecule has 6 heteroatoms. The van der Waals surface area contributed by atoms with Crippen molar-refractivity contribution in [2.45, 2.75) is 52.1 Å². The number of ether oxygens (including phenoxy) is 1. The number of fused-ring (bicyclic) bond motifs is 1. The van der Waals surface area contributed by atoms with Gasteiger partial charge >= 0.3 is 6.09 Å². The van der Waals surface area contributed by atoms with Crippen molar-refractivity contribution in [1.82, 2.24) is 14.5 Å². The molecule has 1 fully saturated rings. The molecule has 0 radical (unpaired) electrons. The highest BCUT2D eigenvalue weighted by molar-refractivity contribution is 5.79. The van der Waals surface area contributed by atoms with Gasteiger partial charge in [-0.2, -0.15) is 0 Å². The van der Waals surface area contributed by atoms with Gasteiger partial charge in [-0.3, -0.25) is 0 Å². The topological polar surface area (TPSA) is 59.4 Å². The predicted octanol–water partition coefficient (Wildman–Crippen LogP) is 3.82. The van der Waals surface area contributed by atoms with Crippen molar-refractivity contribution in [2.24, 2.45) is 0 Å². The molecular weight excluding hydrogens is 316 g/mol. The van der Waals surface area contributed by atoms with E-state index in [1.54, 1.807) is 4.90 Å². The van der Waals surface area contributed by atoms with Crippen LogP contribution in [0.15, 0.2) is 24.3 Å². The third kappa shape index (κ3) is 3.72. The Hall–Kier alpha value is -2.24. The smallest absolute Gasteiger partial charge is 0.409 e. The van der Waals surface area contributed by atoms with Crippen molar-refractivity contribution in [1.29, 1.82) is 0 Å². The second kappa shape index (κ2) is 6.94. The average Bonchev–Trinajstić information content (AvgIpc) is 2.93. The van der Waals surface area contributed by atoms with Gasteiger partial charge in [-0.1, -0.05) is 12.1 Å². The molecule has 1 aromatic heterocycles. The van der Waals surface area contributed by atoms with E-state index < -0.39 is 0 Å². The first kappa shape index (κ1) is 17.6. The molecule has 0 aliphatic carbocycles. The number of amides is 1. The van der Waals surface area contributed by atoms with Gasteiger partial charge in [-0.05, 0) is 52.7 Å². The van der Waals surface area contributed by atoms with Crippen molar-refractivity contribution >= 4 is 23.1 Å². The second-order valence-corrected chi connectivity index (χ2v) is 7.53. The van der Waals surface area contributed by atoms with E-state index in [0.29, 0.717) is 25.7 Å². The molecule has 1 amide bonds. The lowest BCUT2D eigenvalue weighted by atomic mass is 10.1. The molecule has 2 aromatic rings. The van der Waals surface area contributed by atoms with Crippen molar-refractivity contribution < 1.29 is 9.53 Å². The largest absolute Gasteiger partial charge is 0.450 e. The van der Waals surface area contributed by atoms with Crippen LogP contribution in [0.3, 0.4) is 0 Å². The summed E-state index contributed by atoms with van der Waals surface area (Å²) in [6.45, 7) is 10.3. The minimum atomic E-state index is -0.206. The molecule has 0 atom stereocenters. The molecule has 2 heterocycles. The van der Waals surface area contributed by atoms with E-state index in [1.165, 1.54) is 0 Å². The Kier molecular flexibility index (Phi) is 4.88. The van der Waals surface area contributed by atoms with Gasteiger partial charge in [-0.25, -0.2) is 9.78 Å². The highest BCUT2D eigenvalue weighted by Crippen LogP contribution is 2.29. The molecular formula is C19H28N4O2. The zero-order chi connectivity index (χ0) is 18.0. The number of imidazole rings is 1. The Morgan fingerprint density at radius 2 is 1.96 bits per heavy atom. The molecule has 0 bridgehead atoms. The molecule has 3 rings (SSSR count). The van der Waals surface area contributed by atoms with E-state index in [4.69, 9.17) is 9.72 Å². The fourth-order valence-corrected chi connectivity index (χ4v) is 3.41. The number of carbonyl (C=O) groups excluding carboxylic acids is 1. The summed E-state index contributed by atoms with van der Waals surface area (Å²) in [5.41, 5.74) is 2.08. The van der Waals surface area contributed by atoms with Crippen LogP contribution in [0.5, 0.6) is 0 Å². The monoisotopic (exact) mass is 344 g/mol. The van der Waals surface area contributed by atoms with Crippen LogP contribution in [0.4, 0.5) is 10.7 Å². The van der Waals surface area contributed by atoms with Gasteiger partial charge in [0.1, 0.15) is 0 Å². The van der Waals surface area contributed by atoms with Crippen LogP contribution in [-0.2, 0) is 10.3 Å². The van der Waals surface area contributed by atoms with Crippen LogP contribution >= 0.6 is 0 Å². The third-order valence-electron chi connectivity index (χ3n) is 4.59. The Balaban J connectivity index is 1.75. The first-order valence-electron chi connectivity index (χ1n) is 9.06. The Labute approximate surface area is 149 Å². The lowest BCUT2D eigenvalue weighted by Gasteiger charge is -2.33. The molecule has 0 spiro atoms. The summed E-state index contributed by atoms with van der Waals surface area (Å²) in [6, 6.07) is 8.54.